The Kier molecular flexibility index (Phi) is 5.73. The number of nitrogens with zero attached hydrogens (tertiary/aromatic N) is 2. The Morgan fingerprint density at radius 1 is 1.04 bits per heavy atom. The summed E-state index contributed by atoms with van der Waals surface area (Å²) in [4.78, 5) is 24.1. The van der Waals surface area contributed by atoms with Gasteiger partial charge in [-0.25, -0.2) is 4.79 Å². The standard InChI is InChI=1S/C17H20N4O3/c1-20(2)15-7-3-5-13(9-15)11-18-17(22)19-12-14-6-4-8-16(10-14)21(23)24/h3-10H,11-12H2,1-2H3,(H2,18,19,22). The molecule has 126 valence electrons. The second kappa shape index (κ2) is 7.96. The van der Waals surface area contributed by atoms with E-state index in [4.69, 9.17) is 0 Å². The zero-order valence-electron chi connectivity index (χ0n) is 13.7. The van der Waals surface area contributed by atoms with Crippen LogP contribution in [0.2, 0.25) is 0 Å². The molecule has 0 unspecified atom stereocenters. The number of hydrogen-bond donors (Lipinski definition) is 2. The molecular weight excluding hydrogens is 308 g/mol. The number of carbonyl (C=O) groups excluding carboxylic acids is 1. The molecule has 2 aromatic carbocycles. The number of nitro benzene ring substituents is 1. The lowest BCUT2D eigenvalue weighted by atomic mass is 10.2. The molecular formula is C17H20N4O3. The molecule has 7 heteroatoms. The van der Waals surface area contributed by atoms with E-state index in [1.807, 2.05) is 43.3 Å². The Morgan fingerprint density at radius 2 is 1.62 bits per heavy atom. The summed E-state index contributed by atoms with van der Waals surface area (Å²) in [6.45, 7) is 0.633. The van der Waals surface area contributed by atoms with Gasteiger partial charge in [-0.05, 0) is 23.3 Å². The summed E-state index contributed by atoms with van der Waals surface area (Å²) in [6.07, 6.45) is 0. The Labute approximate surface area is 140 Å². The van der Waals surface area contributed by atoms with Gasteiger partial charge in [0.25, 0.3) is 5.69 Å². The highest BCUT2D eigenvalue weighted by Crippen LogP contribution is 2.14. The molecule has 7 nitrogen and oxygen atoms in total. The summed E-state index contributed by atoms with van der Waals surface area (Å²) < 4.78 is 0. The van der Waals surface area contributed by atoms with Crippen molar-refractivity contribution in [2.24, 2.45) is 0 Å². The molecule has 0 heterocycles. The van der Waals surface area contributed by atoms with Crippen molar-refractivity contribution in [2.45, 2.75) is 13.1 Å². The average Bonchev–Trinajstić information content (AvgIpc) is 2.58. The van der Waals surface area contributed by atoms with Gasteiger partial charge in [-0.15, -0.1) is 0 Å². The SMILES string of the molecule is CN(C)c1cccc(CNC(=O)NCc2cccc([N+](=O)[O-])c2)c1. The van der Waals surface area contributed by atoms with Gasteiger partial charge in [0.05, 0.1) is 4.92 Å². The monoisotopic (exact) mass is 328 g/mol. The third-order valence-corrected chi connectivity index (χ3v) is 3.45. The maximum absolute atomic E-state index is 11.9. The first kappa shape index (κ1) is 17.3. The molecule has 2 rings (SSSR count). The molecule has 2 amide bonds. The number of rotatable bonds is 6. The van der Waals surface area contributed by atoms with E-state index in [0.29, 0.717) is 12.1 Å². The molecule has 0 aliphatic heterocycles. The lowest BCUT2D eigenvalue weighted by Crippen LogP contribution is -2.34. The maximum Gasteiger partial charge on any atom is 0.315 e. The van der Waals surface area contributed by atoms with Crippen LogP contribution >= 0.6 is 0 Å². The Balaban J connectivity index is 1.84. The highest BCUT2D eigenvalue weighted by atomic mass is 16.6. The number of benzene rings is 2. The quantitative estimate of drug-likeness (QED) is 0.630. The predicted molar refractivity (Wildman–Crippen MR) is 92.9 cm³/mol. The number of nitro groups is 1. The van der Waals surface area contributed by atoms with Crippen molar-refractivity contribution in [3.05, 3.63) is 69.8 Å². The molecule has 0 radical (unpaired) electrons. The Morgan fingerprint density at radius 3 is 2.21 bits per heavy atom. The lowest BCUT2D eigenvalue weighted by molar-refractivity contribution is -0.384. The molecule has 2 aromatic rings. The minimum atomic E-state index is -0.457. The Bertz CT molecular complexity index is 731. The number of carbonyl (C=O) groups is 1. The number of hydrogen-bond acceptors (Lipinski definition) is 4. The number of nitrogens with one attached hydrogen (secondary N) is 2. The van der Waals surface area contributed by atoms with Crippen molar-refractivity contribution >= 4 is 17.4 Å². The van der Waals surface area contributed by atoms with Crippen LogP contribution in [0.3, 0.4) is 0 Å². The third kappa shape index (κ3) is 4.98. The van der Waals surface area contributed by atoms with Crippen LogP contribution in [0.25, 0.3) is 0 Å². The summed E-state index contributed by atoms with van der Waals surface area (Å²) in [5.41, 5.74) is 2.74. The molecule has 0 saturated carbocycles. The zero-order chi connectivity index (χ0) is 17.5. The number of anilines is 1. The molecule has 24 heavy (non-hydrogen) atoms. The highest BCUT2D eigenvalue weighted by molar-refractivity contribution is 5.73. The van der Waals surface area contributed by atoms with Crippen LogP contribution in [-0.2, 0) is 13.1 Å². The van der Waals surface area contributed by atoms with Crippen LogP contribution in [0, 0.1) is 10.1 Å². The fourth-order valence-corrected chi connectivity index (χ4v) is 2.15. The molecule has 0 bridgehead atoms. The van der Waals surface area contributed by atoms with Gasteiger partial charge in [0, 0.05) is 45.0 Å². The van der Waals surface area contributed by atoms with Crippen molar-refractivity contribution in [1.29, 1.82) is 0 Å². The summed E-state index contributed by atoms with van der Waals surface area (Å²) in [7, 11) is 3.91. The van der Waals surface area contributed by atoms with Crippen molar-refractivity contribution in [3.63, 3.8) is 0 Å². The van der Waals surface area contributed by atoms with Crippen molar-refractivity contribution in [2.75, 3.05) is 19.0 Å². The van der Waals surface area contributed by atoms with E-state index in [-0.39, 0.29) is 18.3 Å². The van der Waals surface area contributed by atoms with Gasteiger partial charge in [-0.2, -0.15) is 0 Å². The van der Waals surface area contributed by atoms with E-state index in [1.165, 1.54) is 12.1 Å². The summed E-state index contributed by atoms with van der Waals surface area (Å²) in [6, 6.07) is 13.7. The van der Waals surface area contributed by atoms with Gasteiger partial charge < -0.3 is 15.5 Å². The summed E-state index contributed by atoms with van der Waals surface area (Å²) in [5.74, 6) is 0. The smallest absolute Gasteiger partial charge is 0.315 e. The van der Waals surface area contributed by atoms with Gasteiger partial charge in [-0.1, -0.05) is 24.3 Å². The highest BCUT2D eigenvalue weighted by Gasteiger charge is 2.07. The van der Waals surface area contributed by atoms with Gasteiger partial charge in [0.15, 0.2) is 0 Å². The predicted octanol–water partition coefficient (Wildman–Crippen LogP) is 2.66. The van der Waals surface area contributed by atoms with Crippen LogP contribution in [0.15, 0.2) is 48.5 Å². The normalized spacial score (nSPS) is 10.1. The molecule has 2 N–H and O–H groups in total. The number of amides is 2. The van der Waals surface area contributed by atoms with Gasteiger partial charge in [0.2, 0.25) is 0 Å². The maximum atomic E-state index is 11.9. The van der Waals surface area contributed by atoms with Crippen LogP contribution in [0.1, 0.15) is 11.1 Å². The molecule has 0 aromatic heterocycles. The number of non-ortho nitro benzene ring substituents is 1. The minimum absolute atomic E-state index is 0.00945. The largest absolute Gasteiger partial charge is 0.378 e. The van der Waals surface area contributed by atoms with Gasteiger partial charge >= 0.3 is 6.03 Å². The van der Waals surface area contributed by atoms with Crippen LogP contribution in [0.5, 0.6) is 0 Å². The molecule has 0 spiro atoms. The van der Waals surface area contributed by atoms with E-state index in [0.717, 1.165) is 11.3 Å². The van der Waals surface area contributed by atoms with Crippen molar-refractivity contribution in [1.82, 2.24) is 10.6 Å². The zero-order valence-corrected chi connectivity index (χ0v) is 13.7. The summed E-state index contributed by atoms with van der Waals surface area (Å²) >= 11 is 0. The third-order valence-electron chi connectivity index (χ3n) is 3.45. The average molecular weight is 328 g/mol. The minimum Gasteiger partial charge on any atom is -0.378 e. The fraction of sp³-hybridized carbons (Fsp3) is 0.235. The van der Waals surface area contributed by atoms with E-state index in [1.54, 1.807) is 12.1 Å². The number of urea groups is 1. The van der Waals surface area contributed by atoms with E-state index >= 15 is 0 Å². The first-order chi connectivity index (χ1) is 11.5. The molecule has 0 fully saturated rings. The van der Waals surface area contributed by atoms with Crippen molar-refractivity contribution < 1.29 is 9.72 Å². The first-order valence-corrected chi connectivity index (χ1v) is 7.47. The lowest BCUT2D eigenvalue weighted by Gasteiger charge is -2.14. The topological polar surface area (TPSA) is 87.5 Å². The summed E-state index contributed by atoms with van der Waals surface area (Å²) in [5, 5.41) is 16.2. The van der Waals surface area contributed by atoms with E-state index < -0.39 is 4.92 Å². The van der Waals surface area contributed by atoms with Crippen LogP contribution in [0.4, 0.5) is 16.2 Å². The van der Waals surface area contributed by atoms with Crippen LogP contribution < -0.4 is 15.5 Å². The fourth-order valence-electron chi connectivity index (χ4n) is 2.15. The Hall–Kier alpha value is -3.09. The molecule has 0 aliphatic carbocycles. The molecule has 0 saturated heterocycles. The second-order valence-corrected chi connectivity index (χ2v) is 5.53. The van der Waals surface area contributed by atoms with Gasteiger partial charge in [-0.3, -0.25) is 10.1 Å². The molecule has 0 atom stereocenters. The van der Waals surface area contributed by atoms with E-state index in [9.17, 15) is 14.9 Å². The van der Waals surface area contributed by atoms with Crippen LogP contribution in [-0.4, -0.2) is 25.0 Å². The van der Waals surface area contributed by atoms with Gasteiger partial charge in [0.1, 0.15) is 0 Å². The first-order valence-electron chi connectivity index (χ1n) is 7.47. The molecule has 0 aliphatic rings. The van der Waals surface area contributed by atoms with E-state index in [2.05, 4.69) is 10.6 Å². The van der Waals surface area contributed by atoms with Crippen molar-refractivity contribution in [3.8, 4) is 0 Å². The second-order valence-electron chi connectivity index (χ2n) is 5.53.